The van der Waals surface area contributed by atoms with Gasteiger partial charge in [0.1, 0.15) is 10.7 Å². The molecule has 0 aliphatic heterocycles. The van der Waals surface area contributed by atoms with Gasteiger partial charge in [0.2, 0.25) is 0 Å². The highest BCUT2D eigenvalue weighted by Crippen LogP contribution is 2.26. The van der Waals surface area contributed by atoms with Crippen LogP contribution in [-0.2, 0) is 15.6 Å². The summed E-state index contributed by atoms with van der Waals surface area (Å²) in [6, 6.07) is 5.29. The first kappa shape index (κ1) is 13.5. The molecule has 0 bridgehead atoms. The molecule has 1 heterocycles. The van der Waals surface area contributed by atoms with E-state index in [4.69, 9.17) is 5.73 Å². The Kier molecular flexibility index (Phi) is 3.74. The summed E-state index contributed by atoms with van der Waals surface area (Å²) in [7, 11) is -3.69. The molecule has 0 fully saturated rings. The molecule has 2 aromatic rings. The van der Waals surface area contributed by atoms with Gasteiger partial charge in [-0.25, -0.2) is 12.8 Å². The minimum Gasteiger partial charge on any atom is -0.399 e. The number of hydrogen-bond acceptors (Lipinski definition) is 4. The van der Waals surface area contributed by atoms with E-state index in [-0.39, 0.29) is 16.3 Å². The lowest BCUT2D eigenvalue weighted by molar-refractivity contribution is 0.567. The Morgan fingerprint density at radius 3 is 2.61 bits per heavy atom. The Balaban J connectivity index is 2.36. The summed E-state index contributed by atoms with van der Waals surface area (Å²) in [6.07, 6.45) is 0. The Morgan fingerprint density at radius 2 is 2.06 bits per heavy atom. The highest BCUT2D eigenvalue weighted by Gasteiger charge is 2.20. The van der Waals surface area contributed by atoms with Crippen LogP contribution in [0.25, 0.3) is 0 Å². The van der Waals surface area contributed by atoms with Gasteiger partial charge in [0.05, 0.1) is 5.75 Å². The van der Waals surface area contributed by atoms with E-state index >= 15 is 0 Å². The number of nitrogen functional groups attached to an aromatic ring is 1. The van der Waals surface area contributed by atoms with Crippen molar-refractivity contribution < 1.29 is 12.8 Å². The molecule has 0 saturated carbocycles. The monoisotopic (exact) mass is 349 g/mol. The summed E-state index contributed by atoms with van der Waals surface area (Å²) in [5.74, 6) is -1.03. The van der Waals surface area contributed by atoms with Crippen molar-refractivity contribution in [3.63, 3.8) is 0 Å². The van der Waals surface area contributed by atoms with Crippen LogP contribution >= 0.6 is 27.3 Å². The smallest absolute Gasteiger partial charge is 0.186 e. The Hall–Kier alpha value is -0.920. The van der Waals surface area contributed by atoms with E-state index in [9.17, 15) is 12.8 Å². The van der Waals surface area contributed by atoms with Crippen molar-refractivity contribution in [2.75, 3.05) is 5.73 Å². The average molecular weight is 350 g/mol. The number of halogens is 2. The van der Waals surface area contributed by atoms with Crippen LogP contribution < -0.4 is 5.73 Å². The van der Waals surface area contributed by atoms with Gasteiger partial charge < -0.3 is 5.73 Å². The SMILES string of the molecule is Nc1ccc(S(=O)(=O)Cc2cc(Br)cs2)c(F)c1. The first-order valence-electron chi connectivity index (χ1n) is 4.89. The van der Waals surface area contributed by atoms with Crippen molar-refractivity contribution in [1.29, 1.82) is 0 Å². The molecule has 0 atom stereocenters. The molecule has 7 heteroatoms. The van der Waals surface area contributed by atoms with Gasteiger partial charge in [0.25, 0.3) is 0 Å². The Labute approximate surface area is 116 Å². The molecule has 3 nitrogen and oxygen atoms in total. The summed E-state index contributed by atoms with van der Waals surface area (Å²) in [6.45, 7) is 0. The highest BCUT2D eigenvalue weighted by atomic mass is 79.9. The lowest BCUT2D eigenvalue weighted by Crippen LogP contribution is -2.06. The molecular formula is C11H9BrFNO2S2. The first-order chi connectivity index (χ1) is 8.38. The highest BCUT2D eigenvalue weighted by molar-refractivity contribution is 9.10. The predicted octanol–water partition coefficient (Wildman–Crippen LogP) is 3.21. The largest absolute Gasteiger partial charge is 0.399 e. The van der Waals surface area contributed by atoms with E-state index in [1.54, 1.807) is 11.4 Å². The fourth-order valence-corrected chi connectivity index (χ4v) is 4.68. The molecule has 0 unspecified atom stereocenters. The Bertz CT molecular complexity index is 682. The van der Waals surface area contributed by atoms with E-state index in [1.165, 1.54) is 23.5 Å². The Morgan fingerprint density at radius 1 is 1.33 bits per heavy atom. The van der Waals surface area contributed by atoms with Crippen molar-refractivity contribution in [1.82, 2.24) is 0 Å². The predicted molar refractivity (Wildman–Crippen MR) is 73.7 cm³/mol. The summed E-state index contributed by atoms with van der Waals surface area (Å²) < 4.78 is 38.5. The molecule has 18 heavy (non-hydrogen) atoms. The van der Waals surface area contributed by atoms with Crippen molar-refractivity contribution in [3.8, 4) is 0 Å². The third-order valence-electron chi connectivity index (χ3n) is 2.25. The van der Waals surface area contributed by atoms with Crippen LogP contribution in [0.15, 0.2) is 39.0 Å². The minimum atomic E-state index is -3.69. The van der Waals surface area contributed by atoms with Crippen LogP contribution in [0.4, 0.5) is 10.1 Å². The van der Waals surface area contributed by atoms with Crippen LogP contribution in [0, 0.1) is 5.82 Å². The standard InChI is InChI=1S/C11H9BrFNO2S2/c12-7-3-9(17-5-7)6-18(15,16)11-2-1-8(14)4-10(11)13/h1-5H,6,14H2. The summed E-state index contributed by atoms with van der Waals surface area (Å²) in [5, 5.41) is 1.78. The number of nitrogens with two attached hydrogens (primary N) is 1. The second kappa shape index (κ2) is 4.99. The third kappa shape index (κ3) is 2.90. The normalized spacial score (nSPS) is 11.7. The zero-order valence-electron chi connectivity index (χ0n) is 9.06. The van der Waals surface area contributed by atoms with Crippen molar-refractivity contribution in [3.05, 3.63) is 44.8 Å². The van der Waals surface area contributed by atoms with Gasteiger partial charge in [0, 0.05) is 20.4 Å². The lowest BCUT2D eigenvalue weighted by Gasteiger charge is -2.05. The van der Waals surface area contributed by atoms with Gasteiger partial charge >= 0.3 is 0 Å². The molecule has 0 saturated heterocycles. The van der Waals surface area contributed by atoms with E-state index in [0.717, 1.165) is 10.5 Å². The van der Waals surface area contributed by atoms with Crippen LogP contribution in [0.5, 0.6) is 0 Å². The third-order valence-corrected chi connectivity index (χ3v) is 5.82. The molecule has 0 aliphatic rings. The quantitative estimate of drug-likeness (QED) is 0.865. The van der Waals surface area contributed by atoms with E-state index in [2.05, 4.69) is 15.9 Å². The van der Waals surface area contributed by atoms with Crippen molar-refractivity contribution >= 4 is 42.8 Å². The number of hydrogen-bond donors (Lipinski definition) is 1. The zero-order valence-corrected chi connectivity index (χ0v) is 12.3. The van der Waals surface area contributed by atoms with E-state index < -0.39 is 15.7 Å². The van der Waals surface area contributed by atoms with Gasteiger partial charge in [-0.3, -0.25) is 0 Å². The first-order valence-corrected chi connectivity index (χ1v) is 8.22. The number of benzene rings is 1. The molecule has 1 aromatic carbocycles. The summed E-state index contributed by atoms with van der Waals surface area (Å²) in [4.78, 5) is 0.333. The average Bonchev–Trinajstić information content (AvgIpc) is 2.62. The fraction of sp³-hybridized carbons (Fsp3) is 0.0909. The number of thiophene rings is 1. The van der Waals surface area contributed by atoms with Crippen LogP contribution in [-0.4, -0.2) is 8.42 Å². The maximum absolute atomic E-state index is 13.6. The molecule has 0 aliphatic carbocycles. The molecule has 0 radical (unpaired) electrons. The number of rotatable bonds is 3. The summed E-state index contributed by atoms with van der Waals surface area (Å²) >= 11 is 4.55. The topological polar surface area (TPSA) is 60.2 Å². The lowest BCUT2D eigenvalue weighted by atomic mass is 10.3. The summed E-state index contributed by atoms with van der Waals surface area (Å²) in [5.41, 5.74) is 5.59. The van der Waals surface area contributed by atoms with Gasteiger partial charge in [-0.1, -0.05) is 0 Å². The van der Waals surface area contributed by atoms with Crippen LogP contribution in [0.1, 0.15) is 4.88 Å². The van der Waals surface area contributed by atoms with Crippen molar-refractivity contribution in [2.24, 2.45) is 0 Å². The molecular weight excluding hydrogens is 341 g/mol. The van der Waals surface area contributed by atoms with Gasteiger partial charge in [-0.2, -0.15) is 0 Å². The van der Waals surface area contributed by atoms with Crippen molar-refractivity contribution in [2.45, 2.75) is 10.6 Å². The van der Waals surface area contributed by atoms with E-state index in [1.807, 2.05) is 0 Å². The fourth-order valence-electron chi connectivity index (χ4n) is 1.46. The van der Waals surface area contributed by atoms with Gasteiger partial charge in [-0.15, -0.1) is 11.3 Å². The molecule has 2 rings (SSSR count). The second-order valence-electron chi connectivity index (χ2n) is 3.68. The van der Waals surface area contributed by atoms with Gasteiger partial charge in [-0.05, 0) is 40.2 Å². The molecule has 0 spiro atoms. The maximum atomic E-state index is 13.6. The van der Waals surface area contributed by atoms with E-state index in [0.29, 0.717) is 4.88 Å². The van der Waals surface area contributed by atoms with Crippen LogP contribution in [0.2, 0.25) is 0 Å². The molecule has 0 amide bonds. The molecule has 96 valence electrons. The number of sulfone groups is 1. The van der Waals surface area contributed by atoms with Gasteiger partial charge in [0.15, 0.2) is 9.84 Å². The minimum absolute atomic E-state index is 0.199. The zero-order chi connectivity index (χ0) is 13.3. The maximum Gasteiger partial charge on any atom is 0.186 e. The molecule has 1 aromatic heterocycles. The number of anilines is 1. The molecule has 2 N–H and O–H groups in total. The second-order valence-corrected chi connectivity index (χ2v) is 7.55. The van der Waals surface area contributed by atoms with Crippen LogP contribution in [0.3, 0.4) is 0 Å².